The number of ether oxygens (including phenoxy) is 2. The number of amides is 1. The van der Waals surface area contributed by atoms with Gasteiger partial charge in [0.15, 0.2) is 0 Å². The summed E-state index contributed by atoms with van der Waals surface area (Å²) in [6, 6.07) is 12.5. The van der Waals surface area contributed by atoms with E-state index in [0.717, 1.165) is 4.31 Å². The predicted molar refractivity (Wildman–Crippen MR) is 118 cm³/mol. The molecule has 0 radical (unpaired) electrons. The molecule has 0 aliphatic carbocycles. The van der Waals surface area contributed by atoms with E-state index >= 15 is 0 Å². The first-order valence-electron chi connectivity index (χ1n) is 9.76. The van der Waals surface area contributed by atoms with Crippen molar-refractivity contribution in [2.75, 3.05) is 38.7 Å². The molecule has 1 amide bonds. The minimum Gasteiger partial charge on any atom is -0.495 e. The molecule has 0 bridgehead atoms. The highest BCUT2D eigenvalue weighted by molar-refractivity contribution is 7.92. The first-order chi connectivity index (χ1) is 14.7. The topological polar surface area (TPSA) is 93.2 Å². The van der Waals surface area contributed by atoms with Crippen molar-refractivity contribution in [3.8, 4) is 5.75 Å². The van der Waals surface area contributed by atoms with Crippen molar-refractivity contribution < 1.29 is 27.5 Å². The maximum Gasteiger partial charge on any atom is 0.310 e. The average Bonchev–Trinajstić information content (AvgIpc) is 2.80. The van der Waals surface area contributed by atoms with E-state index in [1.54, 1.807) is 31.2 Å². The first kappa shape index (κ1) is 24.2. The lowest BCUT2D eigenvalue weighted by molar-refractivity contribution is -0.145. The number of rotatable bonds is 9. The van der Waals surface area contributed by atoms with Crippen LogP contribution in [0, 0.1) is 5.92 Å². The summed E-state index contributed by atoms with van der Waals surface area (Å²) >= 11 is 0. The zero-order valence-corrected chi connectivity index (χ0v) is 19.2. The Kier molecular flexibility index (Phi) is 8.04. The number of carbonyl (C=O) groups is 2. The van der Waals surface area contributed by atoms with Gasteiger partial charge in [-0.15, -0.1) is 0 Å². The van der Waals surface area contributed by atoms with E-state index in [1.807, 2.05) is 6.92 Å². The van der Waals surface area contributed by atoms with Crippen LogP contribution in [-0.4, -0.2) is 59.6 Å². The third-order valence-corrected chi connectivity index (χ3v) is 6.74. The summed E-state index contributed by atoms with van der Waals surface area (Å²) in [5.41, 5.74) is 0.733. The van der Waals surface area contributed by atoms with Crippen LogP contribution in [0.4, 0.5) is 5.69 Å². The van der Waals surface area contributed by atoms with Crippen molar-refractivity contribution in [1.82, 2.24) is 4.90 Å². The number of hydrogen-bond acceptors (Lipinski definition) is 6. The highest BCUT2D eigenvalue weighted by Gasteiger charge is 2.25. The van der Waals surface area contributed by atoms with Gasteiger partial charge in [0.25, 0.3) is 15.9 Å². The van der Waals surface area contributed by atoms with E-state index in [2.05, 4.69) is 0 Å². The fourth-order valence-electron chi connectivity index (χ4n) is 3.09. The van der Waals surface area contributed by atoms with E-state index in [-0.39, 0.29) is 17.3 Å². The smallest absolute Gasteiger partial charge is 0.310 e. The van der Waals surface area contributed by atoms with Crippen LogP contribution in [0.5, 0.6) is 5.75 Å². The summed E-state index contributed by atoms with van der Waals surface area (Å²) in [5.74, 6) is -0.728. The third kappa shape index (κ3) is 5.35. The minimum absolute atomic E-state index is 0.0448. The molecule has 2 rings (SSSR count). The second-order valence-corrected chi connectivity index (χ2v) is 8.91. The van der Waals surface area contributed by atoms with Crippen molar-refractivity contribution in [2.45, 2.75) is 18.7 Å². The molecule has 0 spiro atoms. The van der Waals surface area contributed by atoms with E-state index in [9.17, 15) is 18.0 Å². The zero-order chi connectivity index (χ0) is 23.2. The van der Waals surface area contributed by atoms with Gasteiger partial charge in [-0.3, -0.25) is 13.9 Å². The van der Waals surface area contributed by atoms with Crippen LogP contribution in [0.25, 0.3) is 0 Å². The Hall–Kier alpha value is -3.07. The van der Waals surface area contributed by atoms with Gasteiger partial charge in [0.1, 0.15) is 5.75 Å². The van der Waals surface area contributed by atoms with E-state index in [0.29, 0.717) is 23.5 Å². The molecule has 0 N–H and O–H groups in total. The summed E-state index contributed by atoms with van der Waals surface area (Å²) in [6.45, 7) is 4.10. The minimum atomic E-state index is -3.86. The number of para-hydroxylation sites is 2. The number of esters is 1. The number of nitrogens with zero attached hydrogens (tertiary/aromatic N) is 2. The Morgan fingerprint density at radius 3 is 2.19 bits per heavy atom. The van der Waals surface area contributed by atoms with Gasteiger partial charge in [0.2, 0.25) is 0 Å². The van der Waals surface area contributed by atoms with E-state index in [4.69, 9.17) is 9.47 Å². The molecule has 0 aliphatic rings. The molecule has 1 unspecified atom stereocenters. The Morgan fingerprint density at radius 2 is 1.65 bits per heavy atom. The van der Waals surface area contributed by atoms with Gasteiger partial charge < -0.3 is 14.4 Å². The predicted octanol–water partition coefficient (Wildman–Crippen LogP) is 2.79. The molecule has 2 aromatic rings. The fourth-order valence-corrected chi connectivity index (χ4v) is 4.30. The molecule has 9 heteroatoms. The number of hydrogen-bond donors (Lipinski definition) is 0. The number of methoxy groups -OCH3 is 2. The normalized spacial score (nSPS) is 12.0. The highest BCUT2D eigenvalue weighted by Crippen LogP contribution is 2.30. The van der Waals surface area contributed by atoms with Gasteiger partial charge >= 0.3 is 5.97 Å². The molecular formula is C22H28N2O6S. The summed E-state index contributed by atoms with van der Waals surface area (Å²) in [7, 11) is 0.361. The van der Waals surface area contributed by atoms with Crippen LogP contribution in [0.15, 0.2) is 53.4 Å². The molecule has 0 fully saturated rings. The SMILES string of the molecule is CCN(CC(C)C(=O)OC)C(=O)c1ccc(S(=O)(=O)N(C)c2ccccc2OC)cc1. The van der Waals surface area contributed by atoms with Crippen molar-refractivity contribution in [1.29, 1.82) is 0 Å². The van der Waals surface area contributed by atoms with Gasteiger partial charge in [-0.05, 0) is 43.3 Å². The lowest BCUT2D eigenvalue weighted by Crippen LogP contribution is -2.37. The molecular weight excluding hydrogens is 420 g/mol. The van der Waals surface area contributed by atoms with Crippen molar-refractivity contribution in [2.24, 2.45) is 5.92 Å². The molecule has 0 aliphatic heterocycles. The Morgan fingerprint density at radius 1 is 1.03 bits per heavy atom. The summed E-state index contributed by atoms with van der Waals surface area (Å²) in [6.07, 6.45) is 0. The quantitative estimate of drug-likeness (QED) is 0.548. The lowest BCUT2D eigenvalue weighted by Gasteiger charge is -2.24. The standard InChI is InChI=1S/C22H28N2O6S/c1-6-24(15-16(2)22(26)30-5)21(25)17-11-13-18(14-12-17)31(27,28)23(3)19-9-7-8-10-20(19)29-4/h7-14,16H,6,15H2,1-5H3. The second kappa shape index (κ2) is 10.3. The zero-order valence-electron chi connectivity index (χ0n) is 18.4. The molecule has 1 atom stereocenters. The Bertz CT molecular complexity index is 1020. The molecule has 0 saturated heterocycles. The summed E-state index contributed by atoms with van der Waals surface area (Å²) < 4.78 is 37.2. The van der Waals surface area contributed by atoms with Crippen molar-refractivity contribution >= 4 is 27.6 Å². The van der Waals surface area contributed by atoms with E-state index < -0.39 is 21.9 Å². The van der Waals surface area contributed by atoms with Gasteiger partial charge in [-0.1, -0.05) is 19.1 Å². The molecule has 0 saturated carbocycles. The molecule has 2 aromatic carbocycles. The highest BCUT2D eigenvalue weighted by atomic mass is 32.2. The van der Waals surface area contributed by atoms with Crippen LogP contribution in [0.1, 0.15) is 24.2 Å². The summed E-state index contributed by atoms with van der Waals surface area (Å²) in [4.78, 5) is 26.0. The number of benzene rings is 2. The van der Waals surface area contributed by atoms with Crippen molar-refractivity contribution in [3.63, 3.8) is 0 Å². The summed E-state index contributed by atoms with van der Waals surface area (Å²) in [5, 5.41) is 0. The fraction of sp³-hybridized carbons (Fsp3) is 0.364. The van der Waals surface area contributed by atoms with Gasteiger partial charge in [-0.25, -0.2) is 8.42 Å². The average molecular weight is 449 g/mol. The largest absolute Gasteiger partial charge is 0.495 e. The van der Waals surface area contributed by atoms with Crippen molar-refractivity contribution in [3.05, 3.63) is 54.1 Å². The van der Waals surface area contributed by atoms with Gasteiger partial charge in [-0.2, -0.15) is 0 Å². The molecule has 31 heavy (non-hydrogen) atoms. The molecule has 168 valence electrons. The van der Waals surface area contributed by atoms with Gasteiger partial charge in [0.05, 0.1) is 30.7 Å². The lowest BCUT2D eigenvalue weighted by atomic mass is 10.1. The molecule has 8 nitrogen and oxygen atoms in total. The Labute approximate surface area is 183 Å². The number of carbonyl (C=O) groups excluding carboxylic acids is 2. The molecule has 0 heterocycles. The molecule has 0 aromatic heterocycles. The monoisotopic (exact) mass is 448 g/mol. The first-order valence-corrected chi connectivity index (χ1v) is 11.2. The maximum absolute atomic E-state index is 13.0. The maximum atomic E-state index is 13.0. The van der Waals surface area contributed by atoms with Crippen LogP contribution >= 0.6 is 0 Å². The van der Waals surface area contributed by atoms with Crippen LogP contribution < -0.4 is 9.04 Å². The Balaban J connectivity index is 2.25. The van der Waals surface area contributed by atoms with Crippen LogP contribution in [-0.2, 0) is 19.6 Å². The number of sulfonamides is 1. The van der Waals surface area contributed by atoms with Crippen LogP contribution in [0.2, 0.25) is 0 Å². The van der Waals surface area contributed by atoms with E-state index in [1.165, 1.54) is 50.4 Å². The third-order valence-electron chi connectivity index (χ3n) is 4.95. The van der Waals surface area contributed by atoms with Gasteiger partial charge in [0, 0.05) is 25.7 Å². The second-order valence-electron chi connectivity index (χ2n) is 6.94. The van der Waals surface area contributed by atoms with Crippen LogP contribution in [0.3, 0.4) is 0 Å². The number of anilines is 1.